The van der Waals surface area contributed by atoms with E-state index in [-0.39, 0.29) is 11.7 Å². The van der Waals surface area contributed by atoms with Gasteiger partial charge in [-0.15, -0.1) is 0 Å². The van der Waals surface area contributed by atoms with Crippen LogP contribution in [0.15, 0.2) is 53.3 Å². The number of unbranched alkanes of at least 4 members (excludes halogenated alkanes) is 1. The SMILES string of the molecule is CCCCc1ccc(C(N)=O)cc1-c1nc(N2CCC(N)CC2)nc2c1ccc(=O)n2-c1c(F)cccc1F. The third-order valence-corrected chi connectivity index (χ3v) is 7.17. The predicted molar refractivity (Wildman–Crippen MR) is 147 cm³/mol. The number of nitrogens with zero attached hydrogens (tertiary/aromatic N) is 4. The van der Waals surface area contributed by atoms with Crippen LogP contribution in [0.3, 0.4) is 0 Å². The summed E-state index contributed by atoms with van der Waals surface area (Å²) in [5.41, 5.74) is 13.0. The molecule has 0 bridgehead atoms. The van der Waals surface area contributed by atoms with Gasteiger partial charge >= 0.3 is 0 Å². The summed E-state index contributed by atoms with van der Waals surface area (Å²) in [4.78, 5) is 36.8. The van der Waals surface area contributed by atoms with Crippen LogP contribution in [0.25, 0.3) is 28.0 Å². The van der Waals surface area contributed by atoms with Crippen LogP contribution >= 0.6 is 0 Å². The van der Waals surface area contributed by atoms with Gasteiger partial charge in [0.05, 0.1) is 5.69 Å². The summed E-state index contributed by atoms with van der Waals surface area (Å²) in [6.07, 6.45) is 4.01. The molecule has 8 nitrogen and oxygen atoms in total. The molecule has 0 radical (unpaired) electrons. The van der Waals surface area contributed by atoms with Crippen molar-refractivity contribution in [1.29, 1.82) is 0 Å². The van der Waals surface area contributed by atoms with Gasteiger partial charge in [-0.25, -0.2) is 13.8 Å². The molecule has 0 unspecified atom stereocenters. The number of pyridine rings is 1. The Morgan fingerprint density at radius 1 is 1.05 bits per heavy atom. The lowest BCUT2D eigenvalue weighted by Gasteiger charge is -2.30. The Morgan fingerprint density at radius 2 is 1.77 bits per heavy atom. The minimum Gasteiger partial charge on any atom is -0.366 e. The molecule has 202 valence electrons. The van der Waals surface area contributed by atoms with Gasteiger partial charge in [-0.1, -0.05) is 25.5 Å². The predicted octanol–water partition coefficient (Wildman–Crippen LogP) is 4.09. The molecule has 4 N–H and O–H groups in total. The molecule has 1 saturated heterocycles. The minimum atomic E-state index is -0.894. The van der Waals surface area contributed by atoms with Gasteiger partial charge in [-0.2, -0.15) is 4.98 Å². The molecule has 1 aliphatic heterocycles. The van der Waals surface area contributed by atoms with E-state index in [2.05, 4.69) is 6.92 Å². The molecule has 1 aliphatic rings. The van der Waals surface area contributed by atoms with E-state index in [1.54, 1.807) is 18.2 Å². The summed E-state index contributed by atoms with van der Waals surface area (Å²) in [6.45, 7) is 3.25. The van der Waals surface area contributed by atoms with Crippen LogP contribution in [0.2, 0.25) is 0 Å². The van der Waals surface area contributed by atoms with Gasteiger partial charge in [0.25, 0.3) is 5.56 Å². The number of para-hydroxylation sites is 1. The fourth-order valence-electron chi connectivity index (χ4n) is 5.00. The lowest BCUT2D eigenvalue weighted by molar-refractivity contribution is 0.100. The number of anilines is 1. The first-order chi connectivity index (χ1) is 18.8. The molecule has 0 atom stereocenters. The number of hydrogen-bond acceptors (Lipinski definition) is 6. The highest BCUT2D eigenvalue weighted by Crippen LogP contribution is 2.33. The number of hydrogen-bond donors (Lipinski definition) is 2. The van der Waals surface area contributed by atoms with E-state index in [0.29, 0.717) is 47.7 Å². The summed E-state index contributed by atoms with van der Waals surface area (Å²) in [5.74, 6) is -2.07. The quantitative estimate of drug-likeness (QED) is 0.370. The largest absolute Gasteiger partial charge is 0.366 e. The van der Waals surface area contributed by atoms with Crippen molar-refractivity contribution in [3.05, 3.63) is 81.6 Å². The first-order valence-electron chi connectivity index (χ1n) is 13.1. The Kier molecular flexibility index (Phi) is 7.38. The summed E-state index contributed by atoms with van der Waals surface area (Å²) < 4.78 is 30.9. The number of aryl methyl sites for hydroxylation is 1. The highest BCUT2D eigenvalue weighted by molar-refractivity contribution is 5.97. The zero-order valence-electron chi connectivity index (χ0n) is 21.7. The Morgan fingerprint density at radius 3 is 2.44 bits per heavy atom. The third kappa shape index (κ3) is 5.12. The lowest BCUT2D eigenvalue weighted by atomic mass is 9.95. The van der Waals surface area contributed by atoms with Crippen molar-refractivity contribution in [1.82, 2.24) is 14.5 Å². The van der Waals surface area contributed by atoms with Gasteiger partial charge in [0.15, 0.2) is 5.65 Å². The van der Waals surface area contributed by atoms with Crippen LogP contribution in [0.5, 0.6) is 0 Å². The second-order valence-corrected chi connectivity index (χ2v) is 9.85. The van der Waals surface area contributed by atoms with E-state index < -0.39 is 28.8 Å². The van der Waals surface area contributed by atoms with E-state index in [4.69, 9.17) is 21.4 Å². The number of fused-ring (bicyclic) bond motifs is 1. The molecule has 2 aromatic heterocycles. The molecule has 0 spiro atoms. The van der Waals surface area contributed by atoms with Crippen LogP contribution in [-0.2, 0) is 6.42 Å². The van der Waals surface area contributed by atoms with Gasteiger partial charge < -0.3 is 16.4 Å². The second kappa shape index (κ2) is 10.9. The Labute approximate surface area is 224 Å². The maximum Gasteiger partial charge on any atom is 0.256 e. The van der Waals surface area contributed by atoms with E-state index in [1.165, 1.54) is 12.1 Å². The Bertz CT molecular complexity index is 1590. The minimum absolute atomic E-state index is 0.0553. The van der Waals surface area contributed by atoms with Crippen LogP contribution in [-0.4, -0.2) is 39.6 Å². The van der Waals surface area contributed by atoms with Crippen molar-refractivity contribution >= 4 is 22.9 Å². The molecule has 39 heavy (non-hydrogen) atoms. The summed E-state index contributed by atoms with van der Waals surface area (Å²) in [6, 6.07) is 11.5. The van der Waals surface area contributed by atoms with Crippen molar-refractivity contribution in [2.45, 2.75) is 45.1 Å². The van der Waals surface area contributed by atoms with Gasteiger partial charge in [0, 0.05) is 41.7 Å². The lowest BCUT2D eigenvalue weighted by Crippen LogP contribution is -2.40. The Hall–Kier alpha value is -4.18. The van der Waals surface area contributed by atoms with E-state index >= 15 is 0 Å². The average molecular weight is 533 g/mol. The zero-order chi connectivity index (χ0) is 27.7. The molecule has 5 rings (SSSR count). The number of primary amides is 1. The number of carbonyl (C=O) groups excluding carboxylic acids is 1. The number of halogens is 2. The second-order valence-electron chi connectivity index (χ2n) is 9.85. The monoisotopic (exact) mass is 532 g/mol. The molecule has 4 aromatic rings. The van der Waals surface area contributed by atoms with Crippen LogP contribution in [0, 0.1) is 11.6 Å². The van der Waals surface area contributed by atoms with Crippen molar-refractivity contribution in [2.24, 2.45) is 11.5 Å². The van der Waals surface area contributed by atoms with Gasteiger partial charge in [0.2, 0.25) is 11.9 Å². The molecule has 1 fully saturated rings. The fourth-order valence-corrected chi connectivity index (χ4v) is 5.00. The molecule has 3 heterocycles. The maximum absolute atomic E-state index is 15.0. The summed E-state index contributed by atoms with van der Waals surface area (Å²) in [5, 5.41) is 0.411. The van der Waals surface area contributed by atoms with Crippen LogP contribution < -0.4 is 21.9 Å². The smallest absolute Gasteiger partial charge is 0.256 e. The molecule has 2 aromatic carbocycles. The first-order valence-corrected chi connectivity index (χ1v) is 13.1. The number of amides is 1. The van der Waals surface area contributed by atoms with E-state index in [1.807, 2.05) is 11.0 Å². The molecule has 10 heteroatoms. The Balaban J connectivity index is 1.86. The summed E-state index contributed by atoms with van der Waals surface area (Å²) >= 11 is 0. The highest BCUT2D eigenvalue weighted by Gasteiger charge is 2.24. The number of nitrogens with two attached hydrogens (primary N) is 2. The first kappa shape index (κ1) is 26.4. The maximum atomic E-state index is 15.0. The number of aromatic nitrogens is 3. The number of carbonyl (C=O) groups is 1. The highest BCUT2D eigenvalue weighted by atomic mass is 19.1. The van der Waals surface area contributed by atoms with Gasteiger partial charge in [0.1, 0.15) is 17.3 Å². The fraction of sp³-hybridized carbons (Fsp3) is 0.310. The van der Waals surface area contributed by atoms with Crippen molar-refractivity contribution < 1.29 is 13.6 Å². The van der Waals surface area contributed by atoms with Crippen LogP contribution in [0.1, 0.15) is 48.5 Å². The number of benzene rings is 2. The zero-order valence-corrected chi connectivity index (χ0v) is 21.7. The average Bonchev–Trinajstić information content (AvgIpc) is 2.92. The van der Waals surface area contributed by atoms with Crippen LogP contribution in [0.4, 0.5) is 14.7 Å². The van der Waals surface area contributed by atoms with Crippen molar-refractivity contribution in [2.75, 3.05) is 18.0 Å². The molecule has 0 saturated carbocycles. The summed E-state index contributed by atoms with van der Waals surface area (Å²) in [7, 11) is 0. The number of piperidine rings is 1. The topological polar surface area (TPSA) is 120 Å². The van der Waals surface area contributed by atoms with Crippen molar-refractivity contribution in [3.63, 3.8) is 0 Å². The normalized spacial score (nSPS) is 14.2. The molecule has 0 aliphatic carbocycles. The third-order valence-electron chi connectivity index (χ3n) is 7.17. The molecular weight excluding hydrogens is 502 g/mol. The van der Waals surface area contributed by atoms with E-state index in [0.717, 1.165) is 47.9 Å². The molecule has 1 amide bonds. The van der Waals surface area contributed by atoms with E-state index in [9.17, 15) is 18.4 Å². The van der Waals surface area contributed by atoms with Gasteiger partial charge in [-0.05, 0) is 61.6 Å². The molecular formula is C29H30F2N6O2. The van der Waals surface area contributed by atoms with Gasteiger partial charge in [-0.3, -0.25) is 14.2 Å². The van der Waals surface area contributed by atoms with Crippen molar-refractivity contribution in [3.8, 4) is 16.9 Å². The number of rotatable bonds is 7. The standard InChI is InChI=1S/C29H30F2N6O2/c1-2-3-5-17-8-9-18(27(33)39)16-21(17)25-20-10-11-24(38)37(26-22(30)6-4-7-23(26)31)28(20)35-29(34-25)36-14-12-19(32)13-15-36/h4,6-11,16,19H,2-3,5,12-15,32H2,1H3,(H2,33,39).